The molecule has 0 saturated heterocycles. The Morgan fingerprint density at radius 2 is 1.92 bits per heavy atom. The minimum Gasteiger partial charge on any atom is -0.340 e. The number of fused-ring (bicyclic) bond motifs is 2. The fraction of sp³-hybridized carbons (Fsp3) is 0.200. The molecule has 132 valence electrons. The van der Waals surface area contributed by atoms with Gasteiger partial charge in [0, 0.05) is 42.8 Å². The van der Waals surface area contributed by atoms with E-state index in [0.29, 0.717) is 23.3 Å². The van der Waals surface area contributed by atoms with Crippen LogP contribution >= 0.6 is 0 Å². The molecule has 2 amide bonds. The normalized spacial score (nSPS) is 13.1. The summed E-state index contributed by atoms with van der Waals surface area (Å²) in [6.07, 6.45) is 0.770. The van der Waals surface area contributed by atoms with E-state index in [2.05, 4.69) is 5.32 Å². The molecule has 26 heavy (non-hydrogen) atoms. The first-order valence-electron chi connectivity index (χ1n) is 8.41. The van der Waals surface area contributed by atoms with E-state index in [4.69, 9.17) is 0 Å². The Hall–Kier alpha value is -3.15. The van der Waals surface area contributed by atoms with Gasteiger partial charge in [-0.05, 0) is 54.4 Å². The first kappa shape index (κ1) is 16.3. The number of halogens is 1. The Labute approximate surface area is 150 Å². The Balaban J connectivity index is 1.61. The highest BCUT2D eigenvalue weighted by Crippen LogP contribution is 2.31. The van der Waals surface area contributed by atoms with Gasteiger partial charge < -0.3 is 14.8 Å². The van der Waals surface area contributed by atoms with Crippen molar-refractivity contribution in [2.24, 2.45) is 7.05 Å². The second-order valence-corrected chi connectivity index (χ2v) is 6.51. The van der Waals surface area contributed by atoms with Gasteiger partial charge in [0.05, 0.1) is 0 Å². The number of rotatable bonds is 2. The molecule has 0 spiro atoms. The van der Waals surface area contributed by atoms with E-state index in [9.17, 15) is 14.0 Å². The number of aromatic nitrogens is 1. The number of carbonyl (C=O) groups is 2. The minimum absolute atomic E-state index is 0.0169. The van der Waals surface area contributed by atoms with Gasteiger partial charge in [0.1, 0.15) is 11.5 Å². The molecule has 0 atom stereocenters. The van der Waals surface area contributed by atoms with Crippen molar-refractivity contribution in [3.05, 3.63) is 59.5 Å². The van der Waals surface area contributed by atoms with Crippen LogP contribution in [-0.2, 0) is 18.3 Å². The number of nitrogens with zero attached hydrogens (tertiary/aromatic N) is 2. The highest BCUT2D eigenvalue weighted by atomic mass is 19.1. The lowest BCUT2D eigenvalue weighted by molar-refractivity contribution is -0.116. The van der Waals surface area contributed by atoms with E-state index in [1.54, 1.807) is 41.6 Å². The maximum atomic E-state index is 13.4. The van der Waals surface area contributed by atoms with E-state index in [1.807, 2.05) is 12.1 Å². The third-order valence-corrected chi connectivity index (χ3v) is 4.85. The number of amides is 2. The topological polar surface area (TPSA) is 54.3 Å². The van der Waals surface area contributed by atoms with Crippen molar-refractivity contribution < 1.29 is 14.0 Å². The fourth-order valence-corrected chi connectivity index (χ4v) is 3.54. The summed E-state index contributed by atoms with van der Waals surface area (Å²) in [5, 5.41) is 3.58. The molecule has 0 bridgehead atoms. The first-order chi connectivity index (χ1) is 12.4. The van der Waals surface area contributed by atoms with Crippen LogP contribution in [0.5, 0.6) is 0 Å². The molecule has 2 aromatic carbocycles. The molecule has 1 aromatic heterocycles. The van der Waals surface area contributed by atoms with Crippen LogP contribution in [-0.4, -0.2) is 22.9 Å². The van der Waals surface area contributed by atoms with Gasteiger partial charge in [0.15, 0.2) is 0 Å². The maximum absolute atomic E-state index is 13.4. The molecular weight excluding hydrogens is 333 g/mol. The minimum atomic E-state index is -0.330. The largest absolute Gasteiger partial charge is 0.340 e. The van der Waals surface area contributed by atoms with Gasteiger partial charge in [0.2, 0.25) is 5.91 Å². The van der Waals surface area contributed by atoms with E-state index in [1.165, 1.54) is 12.1 Å². The molecule has 0 aliphatic carbocycles. The average molecular weight is 351 g/mol. The lowest BCUT2D eigenvalue weighted by Gasteiger charge is -2.15. The predicted molar refractivity (Wildman–Crippen MR) is 99.0 cm³/mol. The highest BCUT2D eigenvalue weighted by Gasteiger charge is 2.22. The average Bonchev–Trinajstić information content (AvgIpc) is 3.15. The van der Waals surface area contributed by atoms with Gasteiger partial charge in [-0.15, -0.1) is 0 Å². The summed E-state index contributed by atoms with van der Waals surface area (Å²) in [4.78, 5) is 26.0. The van der Waals surface area contributed by atoms with Crippen molar-refractivity contribution in [2.45, 2.75) is 13.3 Å². The standard InChI is InChI=1S/C20H18FN3O2/c1-12(25)24-8-7-13-10-16(4-6-18(13)24)22-20(26)19-11-14-9-15(21)3-5-17(14)23(19)2/h3-6,9-11H,7-8H2,1-2H3,(H,22,26). The van der Waals surface area contributed by atoms with E-state index < -0.39 is 0 Å². The van der Waals surface area contributed by atoms with Crippen LogP contribution in [0.4, 0.5) is 15.8 Å². The Bertz CT molecular complexity index is 1050. The van der Waals surface area contributed by atoms with Crippen LogP contribution in [0.25, 0.3) is 10.9 Å². The molecule has 3 aromatic rings. The summed E-state index contributed by atoms with van der Waals surface area (Å²) in [5.74, 6) is -0.572. The Kier molecular flexibility index (Phi) is 3.76. The molecule has 0 fully saturated rings. The van der Waals surface area contributed by atoms with E-state index in [-0.39, 0.29) is 17.6 Å². The second kappa shape index (κ2) is 5.98. The molecule has 0 unspecified atom stereocenters. The molecule has 4 rings (SSSR count). The second-order valence-electron chi connectivity index (χ2n) is 6.51. The van der Waals surface area contributed by atoms with Crippen molar-refractivity contribution in [1.29, 1.82) is 0 Å². The lowest BCUT2D eigenvalue weighted by Crippen LogP contribution is -2.25. The smallest absolute Gasteiger partial charge is 0.272 e. The molecule has 1 aliphatic heterocycles. The monoisotopic (exact) mass is 351 g/mol. The van der Waals surface area contributed by atoms with E-state index >= 15 is 0 Å². The third-order valence-electron chi connectivity index (χ3n) is 4.85. The highest BCUT2D eigenvalue weighted by molar-refractivity contribution is 6.06. The number of carbonyl (C=O) groups excluding carboxylic acids is 2. The van der Waals surface area contributed by atoms with Crippen LogP contribution in [0.1, 0.15) is 23.0 Å². The predicted octanol–water partition coefficient (Wildman–Crippen LogP) is 3.48. The quantitative estimate of drug-likeness (QED) is 0.768. The van der Waals surface area contributed by atoms with Gasteiger partial charge in [-0.3, -0.25) is 9.59 Å². The number of hydrogen-bond donors (Lipinski definition) is 1. The van der Waals surface area contributed by atoms with Gasteiger partial charge in [-0.1, -0.05) is 0 Å². The summed E-state index contributed by atoms with van der Waals surface area (Å²) in [5.41, 5.74) is 3.86. The van der Waals surface area contributed by atoms with Crippen molar-refractivity contribution >= 4 is 34.1 Å². The maximum Gasteiger partial charge on any atom is 0.272 e. The van der Waals surface area contributed by atoms with Gasteiger partial charge in [0.25, 0.3) is 5.91 Å². The fourth-order valence-electron chi connectivity index (χ4n) is 3.54. The molecule has 1 aliphatic rings. The molecule has 6 heteroatoms. The van der Waals surface area contributed by atoms with Crippen LogP contribution in [0, 0.1) is 5.82 Å². The summed E-state index contributed by atoms with van der Waals surface area (Å²) in [6, 6.07) is 11.7. The van der Waals surface area contributed by atoms with Crippen molar-refractivity contribution in [3.8, 4) is 0 Å². The molecule has 2 heterocycles. The van der Waals surface area contributed by atoms with Crippen molar-refractivity contribution in [3.63, 3.8) is 0 Å². The zero-order chi connectivity index (χ0) is 18.4. The number of anilines is 2. The van der Waals surface area contributed by atoms with Crippen LogP contribution < -0.4 is 10.2 Å². The molecular formula is C20H18FN3O2. The molecule has 1 N–H and O–H groups in total. The van der Waals surface area contributed by atoms with Gasteiger partial charge in [-0.2, -0.15) is 0 Å². The van der Waals surface area contributed by atoms with Crippen molar-refractivity contribution in [2.75, 3.05) is 16.8 Å². The van der Waals surface area contributed by atoms with E-state index in [0.717, 1.165) is 23.2 Å². The SMILES string of the molecule is CC(=O)N1CCc2cc(NC(=O)c3cc4cc(F)ccc4n3C)ccc21. The third kappa shape index (κ3) is 2.63. The lowest BCUT2D eigenvalue weighted by atomic mass is 10.1. The number of nitrogens with one attached hydrogen (secondary N) is 1. The Morgan fingerprint density at radius 3 is 2.69 bits per heavy atom. The molecule has 0 saturated carbocycles. The summed E-state index contributed by atoms with van der Waals surface area (Å²) >= 11 is 0. The van der Waals surface area contributed by atoms with Gasteiger partial charge in [-0.25, -0.2) is 4.39 Å². The molecule has 0 radical (unpaired) electrons. The molecule has 5 nitrogen and oxygen atoms in total. The van der Waals surface area contributed by atoms with Crippen molar-refractivity contribution in [1.82, 2.24) is 4.57 Å². The number of aryl methyl sites for hydroxylation is 1. The van der Waals surface area contributed by atoms with Crippen LogP contribution in [0.15, 0.2) is 42.5 Å². The summed E-state index contributed by atoms with van der Waals surface area (Å²) < 4.78 is 15.1. The van der Waals surface area contributed by atoms with Crippen LogP contribution in [0.2, 0.25) is 0 Å². The Morgan fingerprint density at radius 1 is 1.12 bits per heavy atom. The summed E-state index contributed by atoms with van der Waals surface area (Å²) in [6.45, 7) is 2.21. The first-order valence-corrected chi connectivity index (χ1v) is 8.41. The zero-order valence-electron chi connectivity index (χ0n) is 14.5. The number of hydrogen-bond acceptors (Lipinski definition) is 2. The van der Waals surface area contributed by atoms with Crippen LogP contribution in [0.3, 0.4) is 0 Å². The van der Waals surface area contributed by atoms with Gasteiger partial charge >= 0.3 is 0 Å². The number of benzene rings is 2. The zero-order valence-corrected chi connectivity index (χ0v) is 14.5. The summed E-state index contributed by atoms with van der Waals surface area (Å²) in [7, 11) is 1.78.